The highest BCUT2D eigenvalue weighted by Gasteiger charge is 2.33. The van der Waals surface area contributed by atoms with Crippen LogP contribution < -0.4 is 5.32 Å². The van der Waals surface area contributed by atoms with Crippen LogP contribution in [0.4, 0.5) is 5.69 Å². The molecule has 42 heavy (non-hydrogen) atoms. The maximum Gasteiger partial charge on any atom is 0.303 e. The van der Waals surface area contributed by atoms with E-state index in [0.29, 0.717) is 28.6 Å². The summed E-state index contributed by atoms with van der Waals surface area (Å²) >= 11 is 1.49. The second-order valence-electron chi connectivity index (χ2n) is 9.74. The van der Waals surface area contributed by atoms with Crippen LogP contribution in [0.2, 0.25) is 0 Å². The molecule has 1 amide bonds. The van der Waals surface area contributed by atoms with E-state index in [1.165, 1.54) is 25.6 Å². The van der Waals surface area contributed by atoms with Crippen molar-refractivity contribution in [2.45, 2.75) is 56.6 Å². The van der Waals surface area contributed by atoms with Crippen LogP contribution in [0, 0.1) is 0 Å². The van der Waals surface area contributed by atoms with Gasteiger partial charge in [-0.3, -0.25) is 9.59 Å². The molecule has 0 spiro atoms. The van der Waals surface area contributed by atoms with Gasteiger partial charge in [-0.1, -0.05) is 66.4 Å². The SMILES string of the molecule is CC(=O)OC(C)C(=O)Nc1cccc(C2OC(CSc3nnnn3-c3ccccc3)CC(c3ccc(CO)cc3)O2)c1. The summed E-state index contributed by atoms with van der Waals surface area (Å²) in [5, 5.41) is 25.1. The largest absolute Gasteiger partial charge is 0.453 e. The molecule has 0 aliphatic carbocycles. The number of aromatic nitrogens is 4. The van der Waals surface area contributed by atoms with Gasteiger partial charge in [0.05, 0.1) is 24.5 Å². The van der Waals surface area contributed by atoms with Gasteiger partial charge in [-0.05, 0) is 52.7 Å². The number of benzene rings is 3. The molecule has 1 aromatic heterocycles. The molecular formula is C30H31N5O6S. The molecule has 12 heteroatoms. The van der Waals surface area contributed by atoms with Gasteiger partial charge in [-0.2, -0.15) is 4.68 Å². The van der Waals surface area contributed by atoms with Gasteiger partial charge < -0.3 is 24.6 Å². The fourth-order valence-corrected chi connectivity index (χ4v) is 5.41. The third-order valence-corrected chi connectivity index (χ3v) is 7.64. The number of esters is 1. The van der Waals surface area contributed by atoms with E-state index in [2.05, 4.69) is 20.8 Å². The van der Waals surface area contributed by atoms with Crippen LogP contribution >= 0.6 is 11.8 Å². The maximum atomic E-state index is 12.5. The van der Waals surface area contributed by atoms with Crippen molar-refractivity contribution in [2.24, 2.45) is 0 Å². The quantitative estimate of drug-likeness (QED) is 0.202. The van der Waals surface area contributed by atoms with Crippen LogP contribution in [0.15, 0.2) is 84.0 Å². The zero-order valence-corrected chi connectivity index (χ0v) is 23.9. The molecule has 1 fully saturated rings. The van der Waals surface area contributed by atoms with Gasteiger partial charge in [0.25, 0.3) is 5.91 Å². The summed E-state index contributed by atoms with van der Waals surface area (Å²) in [6, 6.07) is 24.5. The highest BCUT2D eigenvalue weighted by atomic mass is 32.2. The van der Waals surface area contributed by atoms with Gasteiger partial charge in [0.15, 0.2) is 12.4 Å². The van der Waals surface area contributed by atoms with Crippen molar-refractivity contribution < 1.29 is 28.9 Å². The Bertz CT molecular complexity index is 1500. The Balaban J connectivity index is 1.34. The van der Waals surface area contributed by atoms with Crippen molar-refractivity contribution >= 4 is 29.3 Å². The number of thioether (sulfide) groups is 1. The van der Waals surface area contributed by atoms with Gasteiger partial charge >= 0.3 is 5.97 Å². The predicted octanol–water partition coefficient (Wildman–Crippen LogP) is 4.38. The lowest BCUT2D eigenvalue weighted by molar-refractivity contribution is -0.245. The highest BCUT2D eigenvalue weighted by Crippen LogP contribution is 2.39. The zero-order valence-electron chi connectivity index (χ0n) is 23.1. The first kappa shape index (κ1) is 29.4. The van der Waals surface area contributed by atoms with Crippen molar-refractivity contribution in [3.8, 4) is 5.69 Å². The van der Waals surface area contributed by atoms with Crippen LogP contribution in [0.1, 0.15) is 49.4 Å². The minimum absolute atomic E-state index is 0.0402. The molecule has 3 aromatic carbocycles. The summed E-state index contributed by atoms with van der Waals surface area (Å²) in [6.45, 7) is 2.73. The fraction of sp³-hybridized carbons (Fsp3) is 0.300. The predicted molar refractivity (Wildman–Crippen MR) is 155 cm³/mol. The third-order valence-electron chi connectivity index (χ3n) is 6.59. The van der Waals surface area contributed by atoms with E-state index >= 15 is 0 Å². The number of anilines is 1. The van der Waals surface area contributed by atoms with Crippen molar-refractivity contribution in [1.82, 2.24) is 20.2 Å². The van der Waals surface area contributed by atoms with E-state index in [-0.39, 0.29) is 18.8 Å². The lowest BCUT2D eigenvalue weighted by atomic mass is 10.0. The second-order valence-corrected chi connectivity index (χ2v) is 10.7. The van der Waals surface area contributed by atoms with E-state index in [1.807, 2.05) is 60.7 Å². The number of rotatable bonds is 10. The number of aliphatic hydroxyl groups is 1. The number of nitrogens with one attached hydrogen (secondary N) is 1. The number of carbonyl (C=O) groups excluding carboxylic acids is 2. The molecule has 4 atom stereocenters. The maximum absolute atomic E-state index is 12.5. The Morgan fingerprint density at radius 3 is 2.60 bits per heavy atom. The Morgan fingerprint density at radius 2 is 1.86 bits per heavy atom. The van der Waals surface area contributed by atoms with E-state index < -0.39 is 24.3 Å². The standard InChI is InChI=1S/C30H31N5O6S/c1-19(39-20(2)37)28(38)31-24-8-6-7-23(15-24)29-40-26(16-27(41-29)22-13-11-21(17-36)12-14-22)18-42-30-32-33-34-35(30)25-9-4-3-5-10-25/h3-15,19,26-27,29,36H,16-18H2,1-2H3,(H,31,38). The summed E-state index contributed by atoms with van der Waals surface area (Å²) < 4.78 is 19.5. The number of hydrogen-bond donors (Lipinski definition) is 2. The Hall–Kier alpha value is -4.10. The van der Waals surface area contributed by atoms with Crippen LogP contribution in [0.3, 0.4) is 0 Å². The molecule has 0 saturated carbocycles. The number of amides is 1. The minimum Gasteiger partial charge on any atom is -0.453 e. The number of ether oxygens (including phenoxy) is 3. The molecule has 11 nitrogen and oxygen atoms in total. The summed E-state index contributed by atoms with van der Waals surface area (Å²) in [5.41, 5.74) is 3.87. The summed E-state index contributed by atoms with van der Waals surface area (Å²) in [4.78, 5) is 23.8. The lowest BCUT2D eigenvalue weighted by Crippen LogP contribution is -2.31. The molecule has 4 aromatic rings. The second kappa shape index (κ2) is 13.7. The molecule has 1 saturated heterocycles. The van der Waals surface area contributed by atoms with Gasteiger partial charge in [-0.15, -0.1) is 5.10 Å². The monoisotopic (exact) mass is 589 g/mol. The number of nitrogens with zero attached hydrogens (tertiary/aromatic N) is 4. The average Bonchev–Trinajstić information content (AvgIpc) is 3.49. The van der Waals surface area contributed by atoms with Crippen molar-refractivity contribution in [1.29, 1.82) is 0 Å². The van der Waals surface area contributed by atoms with Crippen molar-refractivity contribution in [2.75, 3.05) is 11.1 Å². The van der Waals surface area contributed by atoms with Gasteiger partial charge in [0.1, 0.15) is 0 Å². The zero-order chi connectivity index (χ0) is 29.5. The van der Waals surface area contributed by atoms with Crippen LogP contribution in [0.5, 0.6) is 0 Å². The Kier molecular flexibility index (Phi) is 9.59. The van der Waals surface area contributed by atoms with Crippen LogP contribution in [0.25, 0.3) is 5.69 Å². The first-order valence-corrected chi connectivity index (χ1v) is 14.4. The lowest BCUT2D eigenvalue weighted by Gasteiger charge is -2.36. The number of aliphatic hydroxyl groups excluding tert-OH is 1. The number of hydrogen-bond acceptors (Lipinski definition) is 10. The first-order valence-electron chi connectivity index (χ1n) is 13.4. The average molecular weight is 590 g/mol. The Labute approximate surface area is 247 Å². The fourth-order valence-electron chi connectivity index (χ4n) is 4.50. The Morgan fingerprint density at radius 1 is 1.07 bits per heavy atom. The van der Waals surface area contributed by atoms with Crippen LogP contribution in [-0.2, 0) is 30.4 Å². The van der Waals surface area contributed by atoms with Crippen LogP contribution in [-0.4, -0.2) is 55.2 Å². The molecule has 2 heterocycles. The van der Waals surface area contributed by atoms with Gasteiger partial charge in [-0.25, -0.2) is 0 Å². The first-order chi connectivity index (χ1) is 20.4. The molecule has 2 N–H and O–H groups in total. The highest BCUT2D eigenvalue weighted by molar-refractivity contribution is 7.99. The number of carbonyl (C=O) groups is 2. The molecule has 0 bridgehead atoms. The van der Waals surface area contributed by atoms with Crippen molar-refractivity contribution in [3.05, 3.63) is 95.6 Å². The normalized spacial score (nSPS) is 19.2. The topological polar surface area (TPSA) is 138 Å². The molecule has 4 unspecified atom stereocenters. The van der Waals surface area contributed by atoms with E-state index in [4.69, 9.17) is 14.2 Å². The molecule has 5 rings (SSSR count). The van der Waals surface area contributed by atoms with E-state index in [1.54, 1.807) is 22.9 Å². The summed E-state index contributed by atoms with van der Waals surface area (Å²) in [5.74, 6) is -0.412. The molecule has 0 radical (unpaired) electrons. The number of para-hydroxylation sites is 1. The summed E-state index contributed by atoms with van der Waals surface area (Å²) in [7, 11) is 0. The molecule has 218 valence electrons. The molecule has 1 aliphatic rings. The van der Waals surface area contributed by atoms with Crippen molar-refractivity contribution in [3.63, 3.8) is 0 Å². The smallest absolute Gasteiger partial charge is 0.303 e. The van der Waals surface area contributed by atoms with E-state index in [0.717, 1.165) is 16.8 Å². The van der Waals surface area contributed by atoms with Gasteiger partial charge in [0, 0.05) is 30.3 Å². The van der Waals surface area contributed by atoms with Gasteiger partial charge in [0.2, 0.25) is 5.16 Å². The summed E-state index contributed by atoms with van der Waals surface area (Å²) in [6.07, 6.45) is -1.58. The molecule has 1 aliphatic heterocycles. The van der Waals surface area contributed by atoms with E-state index in [9.17, 15) is 14.7 Å². The third kappa shape index (κ3) is 7.39. The molecular weight excluding hydrogens is 558 g/mol. The minimum atomic E-state index is -0.937. The number of tetrazole rings is 1.